The van der Waals surface area contributed by atoms with Crippen molar-refractivity contribution in [3.05, 3.63) is 65.9 Å². The molecular formula is C31H44N4O2. The highest BCUT2D eigenvalue weighted by Crippen LogP contribution is 2.20. The van der Waals surface area contributed by atoms with E-state index >= 15 is 0 Å². The van der Waals surface area contributed by atoms with Crippen molar-refractivity contribution >= 4 is 28.4 Å². The SMILES string of the molecule is CCCCCCC(=O)N(CC(=O)N(CCc1c[nH]c2ccccc12)Cc1ccc(N(C)C)cc1)C(C)C. The minimum atomic E-state index is -0.0162. The first-order chi connectivity index (χ1) is 17.8. The standard InChI is InChI=1S/C31H44N4O2/c1-6-7-8-9-14-30(36)35(24(2)3)23-31(37)34(22-25-15-17-27(18-16-25)33(4)5)20-19-26-21-32-29-13-11-10-12-28(26)29/h10-13,15-18,21,24,32H,6-9,14,19-20,22-23H2,1-5H3. The fourth-order valence-corrected chi connectivity index (χ4v) is 4.66. The van der Waals surface area contributed by atoms with Crippen LogP contribution in [0.2, 0.25) is 0 Å². The smallest absolute Gasteiger partial charge is 0.242 e. The third kappa shape index (κ3) is 8.11. The highest BCUT2D eigenvalue weighted by molar-refractivity contribution is 5.85. The summed E-state index contributed by atoms with van der Waals surface area (Å²) in [5, 5.41) is 1.19. The van der Waals surface area contributed by atoms with Gasteiger partial charge in [0.15, 0.2) is 0 Å². The van der Waals surface area contributed by atoms with E-state index in [4.69, 9.17) is 0 Å². The third-order valence-electron chi connectivity index (χ3n) is 7.00. The molecule has 3 aromatic rings. The zero-order valence-corrected chi connectivity index (χ0v) is 23.3. The van der Waals surface area contributed by atoms with Gasteiger partial charge in [0.25, 0.3) is 0 Å². The van der Waals surface area contributed by atoms with Gasteiger partial charge >= 0.3 is 0 Å². The second-order valence-electron chi connectivity index (χ2n) is 10.4. The summed E-state index contributed by atoms with van der Waals surface area (Å²) < 4.78 is 0. The van der Waals surface area contributed by atoms with Gasteiger partial charge in [-0.25, -0.2) is 0 Å². The highest BCUT2D eigenvalue weighted by Gasteiger charge is 2.23. The van der Waals surface area contributed by atoms with Crippen LogP contribution in [0.25, 0.3) is 10.9 Å². The number of hydrogen-bond donors (Lipinski definition) is 1. The Morgan fingerprint density at radius 1 is 0.919 bits per heavy atom. The fourth-order valence-electron chi connectivity index (χ4n) is 4.66. The molecule has 0 aliphatic carbocycles. The van der Waals surface area contributed by atoms with Crippen LogP contribution in [-0.4, -0.2) is 59.8 Å². The normalized spacial score (nSPS) is 11.2. The number of nitrogens with zero attached hydrogens (tertiary/aromatic N) is 3. The maximum absolute atomic E-state index is 13.7. The number of carbonyl (C=O) groups is 2. The van der Waals surface area contributed by atoms with Crippen molar-refractivity contribution in [2.45, 2.75) is 71.9 Å². The average molecular weight is 505 g/mol. The molecule has 1 aromatic heterocycles. The van der Waals surface area contributed by atoms with Crippen molar-refractivity contribution in [3.63, 3.8) is 0 Å². The van der Waals surface area contributed by atoms with Crippen LogP contribution >= 0.6 is 0 Å². The van der Waals surface area contributed by atoms with Gasteiger partial charge in [0.05, 0.1) is 6.54 Å². The van der Waals surface area contributed by atoms with Crippen LogP contribution in [0.3, 0.4) is 0 Å². The molecule has 0 atom stereocenters. The number of carbonyl (C=O) groups excluding carboxylic acids is 2. The number of aromatic nitrogens is 1. The maximum Gasteiger partial charge on any atom is 0.242 e. The van der Waals surface area contributed by atoms with Crippen LogP contribution in [-0.2, 0) is 22.6 Å². The Morgan fingerprint density at radius 3 is 2.32 bits per heavy atom. The van der Waals surface area contributed by atoms with Crippen molar-refractivity contribution < 1.29 is 9.59 Å². The first-order valence-electron chi connectivity index (χ1n) is 13.7. The molecule has 0 unspecified atom stereocenters. The van der Waals surface area contributed by atoms with Crippen LogP contribution < -0.4 is 4.90 Å². The number of hydrogen-bond acceptors (Lipinski definition) is 3. The predicted octanol–water partition coefficient (Wildman–Crippen LogP) is 6.01. The lowest BCUT2D eigenvalue weighted by Gasteiger charge is -2.30. The van der Waals surface area contributed by atoms with E-state index in [2.05, 4.69) is 53.2 Å². The maximum atomic E-state index is 13.7. The molecule has 0 aliphatic rings. The molecule has 2 aromatic carbocycles. The van der Waals surface area contributed by atoms with Gasteiger partial charge in [-0.05, 0) is 56.0 Å². The lowest BCUT2D eigenvalue weighted by molar-refractivity contribution is -0.142. The van der Waals surface area contributed by atoms with Crippen molar-refractivity contribution in [1.29, 1.82) is 0 Å². The van der Waals surface area contributed by atoms with Crippen LogP contribution in [0.15, 0.2) is 54.7 Å². The second kappa shape index (κ2) is 13.9. The first-order valence-corrected chi connectivity index (χ1v) is 13.7. The predicted molar refractivity (Wildman–Crippen MR) is 154 cm³/mol. The van der Waals surface area contributed by atoms with E-state index in [1.165, 1.54) is 10.9 Å². The molecule has 0 saturated carbocycles. The van der Waals surface area contributed by atoms with Gasteiger partial charge in [-0.3, -0.25) is 9.59 Å². The quantitative estimate of drug-likeness (QED) is 0.273. The Kier molecular flexibility index (Phi) is 10.6. The summed E-state index contributed by atoms with van der Waals surface area (Å²) in [7, 11) is 4.04. The Hall–Kier alpha value is -3.28. The second-order valence-corrected chi connectivity index (χ2v) is 10.4. The average Bonchev–Trinajstić information content (AvgIpc) is 3.30. The number of fused-ring (bicyclic) bond motifs is 1. The zero-order valence-electron chi connectivity index (χ0n) is 23.3. The van der Waals surface area contributed by atoms with Gasteiger partial charge in [0, 0.05) is 62.4 Å². The van der Waals surface area contributed by atoms with Gasteiger partial charge in [-0.15, -0.1) is 0 Å². The number of amides is 2. The summed E-state index contributed by atoms with van der Waals surface area (Å²) in [5.74, 6) is 0.0681. The zero-order chi connectivity index (χ0) is 26.8. The molecule has 3 rings (SSSR count). The minimum absolute atomic E-state index is 0.00728. The largest absolute Gasteiger partial charge is 0.378 e. The first kappa shape index (κ1) is 28.3. The summed E-state index contributed by atoms with van der Waals surface area (Å²) in [4.78, 5) is 35.7. The van der Waals surface area contributed by atoms with Crippen LogP contribution in [0, 0.1) is 0 Å². The molecule has 6 heteroatoms. The summed E-state index contributed by atoms with van der Waals surface area (Å²) in [6.45, 7) is 7.38. The monoisotopic (exact) mass is 504 g/mol. The van der Waals surface area contributed by atoms with Crippen LogP contribution in [0.1, 0.15) is 64.0 Å². The molecule has 37 heavy (non-hydrogen) atoms. The van der Waals surface area contributed by atoms with E-state index in [1.807, 2.05) is 51.2 Å². The molecule has 200 valence electrons. The van der Waals surface area contributed by atoms with E-state index in [1.54, 1.807) is 4.90 Å². The number of para-hydroxylation sites is 1. The highest BCUT2D eigenvalue weighted by atomic mass is 16.2. The molecule has 1 heterocycles. The topological polar surface area (TPSA) is 59.7 Å². The minimum Gasteiger partial charge on any atom is -0.378 e. The van der Waals surface area contributed by atoms with E-state index in [0.29, 0.717) is 19.5 Å². The van der Waals surface area contributed by atoms with Crippen molar-refractivity contribution in [2.24, 2.45) is 0 Å². The molecule has 0 radical (unpaired) electrons. The van der Waals surface area contributed by atoms with E-state index in [9.17, 15) is 9.59 Å². The number of aromatic amines is 1. The fraction of sp³-hybridized carbons (Fsp3) is 0.484. The van der Waals surface area contributed by atoms with Gasteiger partial charge in [0.2, 0.25) is 11.8 Å². The molecule has 0 fully saturated rings. The molecule has 2 amide bonds. The van der Waals surface area contributed by atoms with Crippen molar-refractivity contribution in [1.82, 2.24) is 14.8 Å². The third-order valence-corrected chi connectivity index (χ3v) is 7.00. The number of anilines is 1. The summed E-state index contributed by atoms with van der Waals surface area (Å²) in [6, 6.07) is 16.6. The number of H-pyrrole nitrogens is 1. The van der Waals surface area contributed by atoms with Gasteiger partial charge in [-0.1, -0.05) is 56.5 Å². The number of unbranched alkanes of at least 4 members (excludes halogenated alkanes) is 3. The van der Waals surface area contributed by atoms with Crippen LogP contribution in [0.4, 0.5) is 5.69 Å². The summed E-state index contributed by atoms with van der Waals surface area (Å²) in [5.41, 5.74) is 4.51. The van der Waals surface area contributed by atoms with Crippen molar-refractivity contribution in [3.8, 4) is 0 Å². The molecule has 6 nitrogen and oxygen atoms in total. The molecule has 0 saturated heterocycles. The molecule has 1 N–H and O–H groups in total. The Morgan fingerprint density at radius 2 is 1.65 bits per heavy atom. The van der Waals surface area contributed by atoms with Gasteiger partial charge in [0.1, 0.15) is 0 Å². The number of benzene rings is 2. The van der Waals surface area contributed by atoms with Gasteiger partial charge < -0.3 is 19.7 Å². The van der Waals surface area contributed by atoms with Gasteiger partial charge in [-0.2, -0.15) is 0 Å². The van der Waals surface area contributed by atoms with E-state index in [-0.39, 0.29) is 24.4 Å². The Labute approximate surface area is 222 Å². The Balaban J connectivity index is 1.74. The summed E-state index contributed by atoms with van der Waals surface area (Å²) in [6.07, 6.45) is 7.52. The molecule has 0 aliphatic heterocycles. The molecule has 0 bridgehead atoms. The number of rotatable bonds is 14. The lowest BCUT2D eigenvalue weighted by Crippen LogP contribution is -2.46. The summed E-state index contributed by atoms with van der Waals surface area (Å²) >= 11 is 0. The van der Waals surface area contributed by atoms with Crippen LogP contribution in [0.5, 0.6) is 0 Å². The lowest BCUT2D eigenvalue weighted by atomic mass is 10.1. The van der Waals surface area contributed by atoms with E-state index in [0.717, 1.165) is 48.9 Å². The van der Waals surface area contributed by atoms with Crippen molar-refractivity contribution in [2.75, 3.05) is 32.1 Å². The Bertz CT molecular complexity index is 1130. The molecule has 0 spiro atoms. The molecular weight excluding hydrogens is 460 g/mol. The van der Waals surface area contributed by atoms with E-state index < -0.39 is 0 Å². The number of nitrogens with one attached hydrogen (secondary N) is 1.